The Kier molecular flexibility index (Phi) is 10.0. The number of hydrogen-bond acceptors (Lipinski definition) is 6. The Morgan fingerprint density at radius 2 is 1.16 bits per heavy atom. The third-order valence-corrected chi connectivity index (χ3v) is 7.48. The van der Waals surface area contributed by atoms with E-state index in [0.717, 1.165) is 21.8 Å². The molecule has 4 atom stereocenters. The number of para-hydroxylation sites is 2. The summed E-state index contributed by atoms with van der Waals surface area (Å²) in [4.78, 5) is 69.7. The van der Waals surface area contributed by atoms with Crippen LogP contribution in [0.4, 0.5) is 0 Å². The molecule has 44 heavy (non-hydrogen) atoms. The SMILES string of the molecule is CC(C)C(N)C(=O)NC(CC(=O)O)C(=O)NC(Cc1c[nH]c2ccccc12)C(=O)NC(Cc1c[nH]c2ccccc12)C(=O)O. The van der Waals surface area contributed by atoms with Crippen LogP contribution in [0, 0.1) is 5.92 Å². The van der Waals surface area contributed by atoms with E-state index in [2.05, 4.69) is 25.9 Å². The topological polar surface area (TPSA) is 219 Å². The van der Waals surface area contributed by atoms with Crippen molar-refractivity contribution in [3.63, 3.8) is 0 Å². The van der Waals surface area contributed by atoms with Crippen LogP contribution >= 0.6 is 0 Å². The number of hydrogen-bond donors (Lipinski definition) is 8. The van der Waals surface area contributed by atoms with Crippen molar-refractivity contribution in [3.05, 3.63) is 72.1 Å². The maximum Gasteiger partial charge on any atom is 0.326 e. The molecule has 0 bridgehead atoms. The summed E-state index contributed by atoms with van der Waals surface area (Å²) < 4.78 is 0. The molecule has 2 heterocycles. The molecule has 13 nitrogen and oxygen atoms in total. The van der Waals surface area contributed by atoms with Gasteiger partial charge in [-0.05, 0) is 29.2 Å². The molecule has 0 aliphatic heterocycles. The first-order chi connectivity index (χ1) is 20.9. The first-order valence-electron chi connectivity index (χ1n) is 14.2. The van der Waals surface area contributed by atoms with Gasteiger partial charge in [-0.1, -0.05) is 50.2 Å². The van der Waals surface area contributed by atoms with Gasteiger partial charge in [-0.3, -0.25) is 19.2 Å². The first-order valence-corrected chi connectivity index (χ1v) is 14.2. The van der Waals surface area contributed by atoms with Crippen molar-refractivity contribution >= 4 is 51.5 Å². The van der Waals surface area contributed by atoms with Crippen molar-refractivity contribution in [3.8, 4) is 0 Å². The van der Waals surface area contributed by atoms with Gasteiger partial charge in [0.15, 0.2) is 0 Å². The van der Waals surface area contributed by atoms with Gasteiger partial charge in [-0.15, -0.1) is 0 Å². The van der Waals surface area contributed by atoms with Crippen LogP contribution in [0.25, 0.3) is 21.8 Å². The summed E-state index contributed by atoms with van der Waals surface area (Å²) in [5, 5.41) is 28.5. The summed E-state index contributed by atoms with van der Waals surface area (Å²) in [7, 11) is 0. The van der Waals surface area contributed by atoms with Crippen molar-refractivity contribution in [2.75, 3.05) is 0 Å². The van der Waals surface area contributed by atoms with E-state index in [1.165, 1.54) is 0 Å². The molecule has 0 aliphatic rings. The minimum Gasteiger partial charge on any atom is -0.481 e. The van der Waals surface area contributed by atoms with Crippen molar-refractivity contribution in [1.29, 1.82) is 0 Å². The number of carboxylic acid groups (broad SMARTS) is 2. The van der Waals surface area contributed by atoms with Crippen molar-refractivity contribution in [2.45, 2.75) is 57.3 Å². The highest BCUT2D eigenvalue weighted by molar-refractivity contribution is 5.96. The number of nitrogens with two attached hydrogens (primary N) is 1. The van der Waals surface area contributed by atoms with Crippen LogP contribution < -0.4 is 21.7 Å². The minimum atomic E-state index is -1.54. The molecule has 0 aliphatic carbocycles. The first kappa shape index (κ1) is 31.8. The Balaban J connectivity index is 1.60. The summed E-state index contributed by atoms with van der Waals surface area (Å²) >= 11 is 0. The smallest absolute Gasteiger partial charge is 0.326 e. The summed E-state index contributed by atoms with van der Waals surface area (Å²) in [6.45, 7) is 3.40. The second-order valence-electron chi connectivity index (χ2n) is 11.0. The predicted molar refractivity (Wildman–Crippen MR) is 162 cm³/mol. The molecule has 0 saturated carbocycles. The van der Waals surface area contributed by atoms with E-state index in [1.807, 2.05) is 48.5 Å². The quantitative estimate of drug-likeness (QED) is 0.105. The molecular formula is C31H36N6O7. The number of aliphatic carboxylic acids is 2. The molecule has 232 valence electrons. The van der Waals surface area contributed by atoms with Crippen molar-refractivity contribution in [1.82, 2.24) is 25.9 Å². The number of fused-ring (bicyclic) bond motifs is 2. The molecule has 13 heteroatoms. The molecular weight excluding hydrogens is 568 g/mol. The van der Waals surface area contributed by atoms with Crippen LogP contribution in [0.3, 0.4) is 0 Å². The Morgan fingerprint density at radius 3 is 1.66 bits per heavy atom. The van der Waals surface area contributed by atoms with Gasteiger partial charge in [-0.2, -0.15) is 0 Å². The zero-order chi connectivity index (χ0) is 32.0. The number of carbonyl (C=O) groups excluding carboxylic acids is 3. The van der Waals surface area contributed by atoms with Crippen LogP contribution in [0.15, 0.2) is 60.9 Å². The molecule has 4 unspecified atom stereocenters. The number of H-pyrrole nitrogens is 2. The van der Waals surface area contributed by atoms with E-state index < -0.39 is 60.2 Å². The van der Waals surface area contributed by atoms with Crippen molar-refractivity contribution in [2.24, 2.45) is 11.7 Å². The minimum absolute atomic E-state index is 0.0381. The number of amides is 3. The van der Waals surface area contributed by atoms with Gasteiger partial charge >= 0.3 is 11.9 Å². The number of nitrogens with one attached hydrogen (secondary N) is 5. The number of carbonyl (C=O) groups is 5. The maximum atomic E-state index is 13.7. The largest absolute Gasteiger partial charge is 0.481 e. The van der Waals surface area contributed by atoms with E-state index in [4.69, 9.17) is 5.73 Å². The normalized spacial score (nSPS) is 14.1. The van der Waals surface area contributed by atoms with Crippen LogP contribution in [0.5, 0.6) is 0 Å². The fourth-order valence-electron chi connectivity index (χ4n) is 4.95. The lowest BCUT2D eigenvalue weighted by atomic mass is 10.0. The lowest BCUT2D eigenvalue weighted by molar-refractivity contribution is -0.143. The molecule has 4 aromatic rings. The average molecular weight is 605 g/mol. The van der Waals surface area contributed by atoms with Gasteiger partial charge in [-0.25, -0.2) is 4.79 Å². The Bertz CT molecular complexity index is 1680. The number of rotatable bonds is 14. The standard InChI is InChI=1S/C31H36N6O7/c1-16(2)27(32)30(42)36-24(13-26(38)39)29(41)35-23(11-17-14-33-21-9-5-3-7-19(17)21)28(40)37-25(31(43)44)12-18-15-34-22-10-6-4-8-20(18)22/h3-10,14-16,23-25,27,33-34H,11-13,32H2,1-2H3,(H,35,41)(H,36,42)(H,37,40)(H,38,39)(H,43,44). The zero-order valence-corrected chi connectivity index (χ0v) is 24.3. The summed E-state index contributed by atoms with van der Waals surface area (Å²) in [5.74, 6) is -5.36. The Hall–Kier alpha value is -5.17. The fraction of sp³-hybridized carbons (Fsp3) is 0.323. The van der Waals surface area contributed by atoms with E-state index in [0.29, 0.717) is 11.1 Å². The summed E-state index contributed by atoms with van der Waals surface area (Å²) in [5.41, 5.74) is 8.82. The molecule has 3 amide bonds. The molecule has 0 saturated heterocycles. The fourth-order valence-corrected chi connectivity index (χ4v) is 4.95. The third kappa shape index (κ3) is 7.61. The zero-order valence-electron chi connectivity index (χ0n) is 24.3. The van der Waals surface area contributed by atoms with Crippen LogP contribution in [0.2, 0.25) is 0 Å². The van der Waals surface area contributed by atoms with E-state index in [9.17, 15) is 34.2 Å². The van der Waals surface area contributed by atoms with Gasteiger partial charge in [0.25, 0.3) is 0 Å². The number of carboxylic acids is 2. The highest BCUT2D eigenvalue weighted by Crippen LogP contribution is 2.21. The van der Waals surface area contributed by atoms with Crippen LogP contribution in [0.1, 0.15) is 31.4 Å². The van der Waals surface area contributed by atoms with Gasteiger partial charge in [0.2, 0.25) is 17.7 Å². The van der Waals surface area contributed by atoms with E-state index in [-0.39, 0.29) is 18.8 Å². The lowest BCUT2D eigenvalue weighted by Crippen LogP contribution is -2.58. The van der Waals surface area contributed by atoms with Gasteiger partial charge in [0.1, 0.15) is 18.1 Å². The highest BCUT2D eigenvalue weighted by Gasteiger charge is 2.32. The van der Waals surface area contributed by atoms with Crippen LogP contribution in [-0.2, 0) is 36.8 Å². The van der Waals surface area contributed by atoms with Crippen LogP contribution in [-0.4, -0.2) is 74.0 Å². The third-order valence-electron chi connectivity index (χ3n) is 7.48. The summed E-state index contributed by atoms with van der Waals surface area (Å²) in [6, 6.07) is 9.46. The van der Waals surface area contributed by atoms with Crippen molar-refractivity contribution < 1.29 is 34.2 Å². The molecule has 0 spiro atoms. The van der Waals surface area contributed by atoms with E-state index in [1.54, 1.807) is 26.2 Å². The predicted octanol–water partition coefficient (Wildman–Crippen LogP) is 1.43. The molecule has 0 radical (unpaired) electrons. The lowest BCUT2D eigenvalue weighted by Gasteiger charge is -2.25. The molecule has 2 aromatic heterocycles. The van der Waals surface area contributed by atoms with E-state index >= 15 is 0 Å². The number of aromatic nitrogens is 2. The highest BCUT2D eigenvalue weighted by atomic mass is 16.4. The monoisotopic (exact) mass is 604 g/mol. The molecule has 2 aromatic carbocycles. The second kappa shape index (κ2) is 13.9. The number of benzene rings is 2. The molecule has 0 fully saturated rings. The molecule has 9 N–H and O–H groups in total. The maximum absolute atomic E-state index is 13.7. The Morgan fingerprint density at radius 1 is 0.705 bits per heavy atom. The van der Waals surface area contributed by atoms with Gasteiger partial charge in [0, 0.05) is 47.0 Å². The number of aromatic amines is 2. The molecule has 4 rings (SSSR count). The van der Waals surface area contributed by atoms with Gasteiger partial charge < -0.3 is 41.9 Å². The Labute approximate surface area is 252 Å². The second-order valence-corrected chi connectivity index (χ2v) is 11.0. The average Bonchev–Trinajstić information content (AvgIpc) is 3.59. The van der Waals surface area contributed by atoms with Gasteiger partial charge in [0.05, 0.1) is 12.5 Å². The summed E-state index contributed by atoms with van der Waals surface area (Å²) in [6.07, 6.45) is 2.50.